The quantitative estimate of drug-likeness (QED) is 0.907. The Morgan fingerprint density at radius 2 is 1.61 bits per heavy atom. The highest BCUT2D eigenvalue weighted by molar-refractivity contribution is 5.85. The Morgan fingerprint density at radius 1 is 1.09 bits per heavy atom. The van der Waals surface area contributed by atoms with Crippen molar-refractivity contribution >= 4 is 18.4 Å². The lowest BCUT2D eigenvalue weighted by atomic mass is 9.95. The Kier molecular flexibility index (Phi) is 5.01. The smallest absolute Gasteiger partial charge is 0.330 e. The summed E-state index contributed by atoms with van der Waals surface area (Å²) in [5.74, 6) is -0.0749. The van der Waals surface area contributed by atoms with E-state index in [2.05, 4.69) is 5.32 Å². The topological polar surface area (TPSA) is 75.6 Å². The minimum atomic E-state index is -0.974. The van der Waals surface area contributed by atoms with Crippen molar-refractivity contribution in [3.8, 4) is 5.75 Å². The second-order valence-corrected chi connectivity index (χ2v) is 5.36. The van der Waals surface area contributed by atoms with E-state index in [9.17, 15) is 9.90 Å². The normalized spacial score (nSPS) is 14.1. The molecule has 0 aliphatic heterocycles. The number of benzene rings is 2. The number of carboxylic acids is 1. The zero-order chi connectivity index (χ0) is 16.9. The fourth-order valence-corrected chi connectivity index (χ4v) is 2.86. The van der Waals surface area contributed by atoms with Crippen molar-refractivity contribution in [1.29, 1.82) is 0 Å². The van der Waals surface area contributed by atoms with Gasteiger partial charge in [0.05, 0.1) is 7.11 Å². The molecular formula is C18H19NO4. The highest BCUT2D eigenvalue weighted by Gasteiger charge is 2.44. The number of carbonyl (C=O) groups is 2. The fourth-order valence-electron chi connectivity index (χ4n) is 2.86. The molecule has 0 radical (unpaired) electrons. The number of hydrogen-bond donors (Lipinski definition) is 2. The Hall–Kier alpha value is -2.82. The molecular weight excluding hydrogens is 294 g/mol. The van der Waals surface area contributed by atoms with Gasteiger partial charge in [-0.2, -0.15) is 0 Å². The zero-order valence-electron chi connectivity index (χ0n) is 12.9. The third kappa shape index (κ3) is 3.34. The van der Waals surface area contributed by atoms with E-state index < -0.39 is 11.5 Å². The molecule has 0 heterocycles. The van der Waals surface area contributed by atoms with Crippen molar-refractivity contribution < 1.29 is 19.4 Å². The first-order valence-corrected chi connectivity index (χ1v) is 7.14. The summed E-state index contributed by atoms with van der Waals surface area (Å²) in [6, 6.07) is 15.2. The molecule has 1 aliphatic carbocycles. The lowest BCUT2D eigenvalue weighted by Gasteiger charge is -2.26. The zero-order valence-corrected chi connectivity index (χ0v) is 12.9. The molecule has 3 rings (SSSR count). The van der Waals surface area contributed by atoms with Gasteiger partial charge in [-0.3, -0.25) is 0 Å². The van der Waals surface area contributed by atoms with E-state index in [0.29, 0.717) is 12.8 Å². The van der Waals surface area contributed by atoms with Crippen molar-refractivity contribution in [3.05, 3.63) is 59.7 Å². The van der Waals surface area contributed by atoms with E-state index >= 15 is 0 Å². The molecule has 1 aliphatic rings. The van der Waals surface area contributed by atoms with Gasteiger partial charge in [-0.1, -0.05) is 24.3 Å². The molecule has 0 bridgehead atoms. The van der Waals surface area contributed by atoms with Crippen LogP contribution in [0.25, 0.3) is 0 Å². The van der Waals surface area contributed by atoms with Crippen LogP contribution in [-0.4, -0.2) is 30.5 Å². The van der Waals surface area contributed by atoms with Crippen LogP contribution in [0.3, 0.4) is 0 Å². The summed E-state index contributed by atoms with van der Waals surface area (Å²) in [7, 11) is 1.61. The van der Waals surface area contributed by atoms with Crippen LogP contribution in [0.15, 0.2) is 48.5 Å². The van der Waals surface area contributed by atoms with E-state index in [0.717, 1.165) is 22.6 Å². The number of carboxylic acid groups (broad SMARTS) is 1. The molecule has 5 nitrogen and oxygen atoms in total. The van der Waals surface area contributed by atoms with Crippen molar-refractivity contribution in [2.75, 3.05) is 12.4 Å². The van der Waals surface area contributed by atoms with Gasteiger partial charge >= 0.3 is 5.97 Å². The van der Waals surface area contributed by atoms with Crippen LogP contribution in [0, 0.1) is 0 Å². The first-order valence-electron chi connectivity index (χ1n) is 7.14. The van der Waals surface area contributed by atoms with Crippen LogP contribution in [0.4, 0.5) is 5.69 Å². The minimum Gasteiger partial charge on any atom is -0.497 e. The van der Waals surface area contributed by atoms with Gasteiger partial charge in [-0.15, -0.1) is 0 Å². The van der Waals surface area contributed by atoms with Crippen molar-refractivity contribution in [1.82, 2.24) is 0 Å². The van der Waals surface area contributed by atoms with Crippen LogP contribution < -0.4 is 10.1 Å². The van der Waals surface area contributed by atoms with E-state index in [-0.39, 0.29) is 0 Å². The second kappa shape index (κ2) is 6.96. The van der Waals surface area contributed by atoms with Crippen LogP contribution in [-0.2, 0) is 22.4 Å². The molecule has 23 heavy (non-hydrogen) atoms. The number of hydrogen-bond acceptors (Lipinski definition) is 4. The molecule has 0 fully saturated rings. The van der Waals surface area contributed by atoms with Gasteiger partial charge in [0.25, 0.3) is 0 Å². The van der Waals surface area contributed by atoms with Crippen LogP contribution in [0.1, 0.15) is 11.1 Å². The number of fused-ring (bicyclic) bond motifs is 1. The van der Waals surface area contributed by atoms with Crippen LogP contribution in [0.2, 0.25) is 0 Å². The largest absolute Gasteiger partial charge is 0.497 e. The summed E-state index contributed by atoms with van der Waals surface area (Å²) in [5, 5.41) is 12.9. The maximum absolute atomic E-state index is 11.8. The summed E-state index contributed by atoms with van der Waals surface area (Å²) in [5.41, 5.74) is 2.01. The summed E-state index contributed by atoms with van der Waals surface area (Å²) >= 11 is 0. The van der Waals surface area contributed by atoms with Crippen molar-refractivity contribution in [3.63, 3.8) is 0 Å². The first kappa shape index (κ1) is 16.5. The van der Waals surface area contributed by atoms with Gasteiger partial charge in [0.1, 0.15) is 18.1 Å². The Balaban J connectivity index is 0.000000924. The number of ether oxygens (including phenoxy) is 1. The monoisotopic (exact) mass is 313 g/mol. The minimum absolute atomic E-state index is 0.491. The molecule has 0 spiro atoms. The molecule has 2 aromatic rings. The first-order chi connectivity index (χ1) is 11.1. The Bertz CT molecular complexity index is 657. The molecule has 0 saturated heterocycles. The number of carbonyl (C=O) groups excluding carboxylic acids is 1. The number of anilines is 1. The highest BCUT2D eigenvalue weighted by Crippen LogP contribution is 2.33. The number of methoxy groups -OCH3 is 1. The standard InChI is InChI=1S/C17H17NO3.CH2O/c1-21-15-8-6-14(7-9-15)18-17(16(19)20)10-12-4-2-3-5-13(12)11-17;1-2/h2-9,18H,10-11H2,1H3,(H,19,20);1H2. The average Bonchev–Trinajstić information content (AvgIpc) is 2.97. The lowest BCUT2D eigenvalue weighted by Crippen LogP contribution is -2.47. The van der Waals surface area contributed by atoms with Gasteiger partial charge in [-0.25, -0.2) is 4.79 Å². The number of nitrogens with one attached hydrogen (secondary N) is 1. The Morgan fingerprint density at radius 3 is 2.04 bits per heavy atom. The van der Waals surface area contributed by atoms with E-state index in [1.54, 1.807) is 7.11 Å². The second-order valence-electron chi connectivity index (χ2n) is 5.36. The lowest BCUT2D eigenvalue weighted by molar-refractivity contribution is -0.142. The van der Waals surface area contributed by atoms with Crippen molar-refractivity contribution in [2.45, 2.75) is 18.4 Å². The predicted molar refractivity (Wildman–Crippen MR) is 88.0 cm³/mol. The number of rotatable bonds is 4. The molecule has 0 atom stereocenters. The fraction of sp³-hybridized carbons (Fsp3) is 0.222. The molecule has 0 amide bonds. The maximum atomic E-state index is 11.8. The molecule has 2 aromatic carbocycles. The molecule has 2 N–H and O–H groups in total. The molecule has 0 aromatic heterocycles. The van der Waals surface area contributed by atoms with Gasteiger partial charge in [0.15, 0.2) is 0 Å². The third-order valence-electron chi connectivity index (χ3n) is 3.99. The van der Waals surface area contributed by atoms with E-state index in [1.165, 1.54) is 0 Å². The predicted octanol–water partition coefficient (Wildman–Crippen LogP) is 2.54. The summed E-state index contributed by atoms with van der Waals surface area (Å²) in [6.07, 6.45) is 0.981. The third-order valence-corrected chi connectivity index (χ3v) is 3.99. The average molecular weight is 313 g/mol. The summed E-state index contributed by atoms with van der Waals surface area (Å²) in [4.78, 5) is 19.8. The van der Waals surface area contributed by atoms with Gasteiger partial charge < -0.3 is 20.0 Å². The van der Waals surface area contributed by atoms with Crippen LogP contribution >= 0.6 is 0 Å². The highest BCUT2D eigenvalue weighted by atomic mass is 16.5. The van der Waals surface area contributed by atoms with Crippen LogP contribution in [0.5, 0.6) is 5.75 Å². The van der Waals surface area contributed by atoms with Crippen molar-refractivity contribution in [2.24, 2.45) is 0 Å². The van der Waals surface area contributed by atoms with Gasteiger partial charge in [0.2, 0.25) is 0 Å². The summed E-state index contributed by atoms with van der Waals surface area (Å²) in [6.45, 7) is 2.00. The molecule has 0 unspecified atom stereocenters. The number of aliphatic carboxylic acids is 1. The van der Waals surface area contributed by atoms with Gasteiger partial charge in [-0.05, 0) is 35.4 Å². The molecule has 5 heteroatoms. The SMILES string of the molecule is C=O.COc1ccc(NC2(C(=O)O)Cc3ccccc3C2)cc1. The van der Waals surface area contributed by atoms with E-state index in [4.69, 9.17) is 9.53 Å². The summed E-state index contributed by atoms with van der Waals surface area (Å²) < 4.78 is 5.12. The van der Waals surface area contributed by atoms with Gasteiger partial charge in [0, 0.05) is 18.5 Å². The molecule has 0 saturated carbocycles. The Labute approximate surface area is 134 Å². The maximum Gasteiger partial charge on any atom is 0.330 e. The molecule has 120 valence electrons. The van der Waals surface area contributed by atoms with E-state index in [1.807, 2.05) is 55.3 Å².